The fourth-order valence-corrected chi connectivity index (χ4v) is 5.77. The molecule has 11 nitrogen and oxygen atoms in total. The molecule has 3 aromatic rings. The van der Waals surface area contributed by atoms with E-state index in [-0.39, 0.29) is 36.0 Å². The number of nitro groups is 1. The summed E-state index contributed by atoms with van der Waals surface area (Å²) in [6.07, 6.45) is 2.68. The van der Waals surface area contributed by atoms with Gasteiger partial charge in [-0.05, 0) is 35.7 Å². The molecule has 1 N–H and O–H groups in total. The van der Waals surface area contributed by atoms with Crippen LogP contribution in [-0.2, 0) is 32.6 Å². The molecule has 1 unspecified atom stereocenters. The van der Waals surface area contributed by atoms with Crippen molar-refractivity contribution >= 4 is 49.1 Å². The monoisotopic (exact) mass is 674 g/mol. The Bertz CT molecular complexity index is 1540. The number of nitrogens with one attached hydrogen (secondary N) is 1. The van der Waals surface area contributed by atoms with Crippen LogP contribution in [0.15, 0.2) is 77.3 Å². The van der Waals surface area contributed by atoms with Gasteiger partial charge >= 0.3 is 0 Å². The van der Waals surface area contributed by atoms with Gasteiger partial charge in [0.15, 0.2) is 0 Å². The van der Waals surface area contributed by atoms with E-state index in [2.05, 4.69) is 21.2 Å². The molecule has 0 saturated carbocycles. The Morgan fingerprint density at radius 2 is 1.74 bits per heavy atom. The number of sulfonamides is 1. The number of carbonyl (C=O) groups excluding carboxylic acids is 2. The summed E-state index contributed by atoms with van der Waals surface area (Å²) in [5.41, 5.74) is 0.980. The van der Waals surface area contributed by atoms with Crippen molar-refractivity contribution in [3.05, 3.63) is 98.5 Å². The van der Waals surface area contributed by atoms with Gasteiger partial charge in [0.05, 0.1) is 18.3 Å². The summed E-state index contributed by atoms with van der Waals surface area (Å²) in [6.45, 7) is 1.69. The average molecular weight is 676 g/mol. The zero-order chi connectivity index (χ0) is 31.6. The maximum absolute atomic E-state index is 14.2. The van der Waals surface area contributed by atoms with E-state index < -0.39 is 33.4 Å². The Hall–Kier alpha value is -3.97. The van der Waals surface area contributed by atoms with Crippen LogP contribution < -0.4 is 14.4 Å². The number of nitrogens with zero attached hydrogens (tertiary/aromatic N) is 3. The zero-order valence-corrected chi connectivity index (χ0v) is 26.6. The van der Waals surface area contributed by atoms with Crippen molar-refractivity contribution < 1.29 is 27.7 Å². The normalized spacial score (nSPS) is 11.8. The Morgan fingerprint density at radius 3 is 2.35 bits per heavy atom. The molecule has 0 bridgehead atoms. The van der Waals surface area contributed by atoms with Crippen molar-refractivity contribution in [1.29, 1.82) is 0 Å². The number of benzene rings is 3. The third-order valence-corrected chi connectivity index (χ3v) is 8.28. The third kappa shape index (κ3) is 9.52. The van der Waals surface area contributed by atoms with Crippen LogP contribution in [0.2, 0.25) is 0 Å². The van der Waals surface area contributed by atoms with Crippen LogP contribution in [0, 0.1) is 10.1 Å². The highest BCUT2D eigenvalue weighted by Gasteiger charge is 2.34. The summed E-state index contributed by atoms with van der Waals surface area (Å²) in [5, 5.41) is 14.4. The summed E-state index contributed by atoms with van der Waals surface area (Å²) >= 11 is 3.44. The molecule has 0 aliphatic rings. The molecular formula is C30H35BrN4O7S. The first-order chi connectivity index (χ1) is 20.4. The van der Waals surface area contributed by atoms with Crippen LogP contribution in [0.4, 0.5) is 11.4 Å². The van der Waals surface area contributed by atoms with E-state index in [4.69, 9.17) is 4.74 Å². The molecular weight excluding hydrogens is 640 g/mol. The number of hydrogen-bond donors (Lipinski definition) is 1. The van der Waals surface area contributed by atoms with Crippen LogP contribution in [0.25, 0.3) is 0 Å². The van der Waals surface area contributed by atoms with E-state index >= 15 is 0 Å². The van der Waals surface area contributed by atoms with Crippen LogP contribution in [0.5, 0.6) is 5.75 Å². The number of nitro benzene ring substituents is 1. The van der Waals surface area contributed by atoms with Gasteiger partial charge in [0.25, 0.3) is 5.69 Å². The minimum atomic E-state index is -4.15. The minimum Gasteiger partial charge on any atom is -0.495 e. The maximum Gasteiger partial charge on any atom is 0.271 e. The number of unbranched alkanes of at least 4 members (excludes halogenated alkanes) is 1. The molecule has 43 heavy (non-hydrogen) atoms. The molecule has 2 amide bonds. The Morgan fingerprint density at radius 1 is 1.05 bits per heavy atom. The number of amides is 2. The first-order valence-corrected chi connectivity index (χ1v) is 16.2. The van der Waals surface area contributed by atoms with Gasteiger partial charge in [-0.25, -0.2) is 8.42 Å². The average Bonchev–Trinajstić information content (AvgIpc) is 2.97. The van der Waals surface area contributed by atoms with E-state index in [1.54, 1.807) is 12.1 Å². The summed E-state index contributed by atoms with van der Waals surface area (Å²) < 4.78 is 32.9. The Balaban J connectivity index is 2.11. The number of anilines is 1. The SMILES string of the molecule is CCCCNC(=O)C(Cc1ccccc1)N(Cc1cccc(Br)c1)C(=O)CN(c1cc([N+](=O)[O-])ccc1OC)S(C)(=O)=O. The van der Waals surface area contributed by atoms with Gasteiger partial charge in [0.1, 0.15) is 24.0 Å². The van der Waals surface area contributed by atoms with E-state index in [0.29, 0.717) is 12.1 Å². The fourth-order valence-electron chi connectivity index (χ4n) is 4.47. The molecule has 0 radical (unpaired) electrons. The molecule has 0 spiro atoms. The van der Waals surface area contributed by atoms with Crippen molar-refractivity contribution in [2.24, 2.45) is 0 Å². The predicted octanol–water partition coefficient (Wildman–Crippen LogP) is 4.69. The number of halogens is 1. The molecule has 0 aliphatic carbocycles. The number of ether oxygens (including phenoxy) is 1. The van der Waals surface area contributed by atoms with Crippen molar-refractivity contribution in [2.75, 3.05) is 30.8 Å². The summed E-state index contributed by atoms with van der Waals surface area (Å²) in [6, 6.07) is 19.0. The molecule has 0 aliphatic heterocycles. The van der Waals surface area contributed by atoms with Gasteiger partial charge < -0.3 is 15.0 Å². The summed E-state index contributed by atoms with van der Waals surface area (Å²) in [4.78, 5) is 40.1. The maximum atomic E-state index is 14.2. The fraction of sp³-hybridized carbons (Fsp3) is 0.333. The number of methoxy groups -OCH3 is 1. The summed E-state index contributed by atoms with van der Waals surface area (Å²) in [5.74, 6) is -1.02. The second-order valence-corrected chi connectivity index (χ2v) is 12.7. The van der Waals surface area contributed by atoms with Gasteiger partial charge in [0, 0.05) is 36.1 Å². The number of hydrogen-bond acceptors (Lipinski definition) is 7. The zero-order valence-electron chi connectivity index (χ0n) is 24.2. The van der Waals surface area contributed by atoms with Crippen LogP contribution in [-0.4, -0.2) is 62.6 Å². The second-order valence-electron chi connectivity index (χ2n) is 9.88. The lowest BCUT2D eigenvalue weighted by molar-refractivity contribution is -0.384. The lowest BCUT2D eigenvalue weighted by Gasteiger charge is -2.33. The second kappa shape index (κ2) is 15.5. The molecule has 0 fully saturated rings. The van der Waals surface area contributed by atoms with Crippen molar-refractivity contribution in [3.8, 4) is 5.75 Å². The molecule has 0 aromatic heterocycles. The van der Waals surface area contributed by atoms with Gasteiger partial charge in [-0.1, -0.05) is 71.7 Å². The van der Waals surface area contributed by atoms with Crippen molar-refractivity contribution in [3.63, 3.8) is 0 Å². The Labute approximate surface area is 260 Å². The highest BCUT2D eigenvalue weighted by atomic mass is 79.9. The van der Waals surface area contributed by atoms with Gasteiger partial charge in [-0.15, -0.1) is 0 Å². The van der Waals surface area contributed by atoms with Crippen molar-refractivity contribution in [2.45, 2.75) is 38.8 Å². The lowest BCUT2D eigenvalue weighted by Crippen LogP contribution is -2.53. The largest absolute Gasteiger partial charge is 0.495 e. The molecule has 230 valence electrons. The number of rotatable bonds is 15. The van der Waals surface area contributed by atoms with E-state index in [9.17, 15) is 28.1 Å². The molecule has 0 saturated heterocycles. The van der Waals surface area contributed by atoms with Crippen LogP contribution >= 0.6 is 15.9 Å². The van der Waals surface area contributed by atoms with Crippen molar-refractivity contribution in [1.82, 2.24) is 10.2 Å². The molecule has 0 heterocycles. The van der Waals surface area contributed by atoms with Crippen LogP contribution in [0.3, 0.4) is 0 Å². The van der Waals surface area contributed by atoms with Gasteiger partial charge in [-0.3, -0.25) is 24.0 Å². The molecule has 3 rings (SSSR count). The minimum absolute atomic E-state index is 0.000641. The van der Waals surface area contributed by atoms with E-state index in [1.807, 2.05) is 49.4 Å². The highest BCUT2D eigenvalue weighted by molar-refractivity contribution is 9.10. The summed E-state index contributed by atoms with van der Waals surface area (Å²) in [7, 11) is -2.85. The molecule has 3 aromatic carbocycles. The predicted molar refractivity (Wildman–Crippen MR) is 168 cm³/mol. The Kier molecular flexibility index (Phi) is 12.1. The topological polar surface area (TPSA) is 139 Å². The quantitative estimate of drug-likeness (QED) is 0.140. The smallest absolute Gasteiger partial charge is 0.271 e. The third-order valence-electron chi connectivity index (χ3n) is 6.66. The number of carbonyl (C=O) groups is 2. The molecule has 1 atom stereocenters. The molecule has 13 heteroatoms. The van der Waals surface area contributed by atoms with E-state index in [0.717, 1.165) is 39.5 Å². The van der Waals surface area contributed by atoms with E-state index in [1.165, 1.54) is 24.1 Å². The van der Waals surface area contributed by atoms with Crippen LogP contribution in [0.1, 0.15) is 30.9 Å². The first kappa shape index (κ1) is 33.5. The van der Waals surface area contributed by atoms with Gasteiger partial charge in [-0.2, -0.15) is 0 Å². The highest BCUT2D eigenvalue weighted by Crippen LogP contribution is 2.34. The number of non-ortho nitro benzene ring substituents is 1. The first-order valence-electron chi connectivity index (χ1n) is 13.6. The lowest BCUT2D eigenvalue weighted by atomic mass is 10.0. The van der Waals surface area contributed by atoms with Gasteiger partial charge in [0.2, 0.25) is 21.8 Å². The standard InChI is InChI=1S/C30H35BrN4O7S/c1-4-5-16-32-30(37)27(18-22-10-7-6-8-11-22)33(20-23-12-9-13-24(31)17-23)29(36)21-34(43(3,40)41)26-19-25(35(38)39)14-15-28(26)42-2/h6-15,17,19,27H,4-5,16,18,20-21H2,1-3H3,(H,32,37).